The molecule has 3 rings (SSSR count). The lowest BCUT2D eigenvalue weighted by Crippen LogP contribution is -2.12. The second-order valence-corrected chi connectivity index (χ2v) is 7.29. The number of hydrogen-bond donors (Lipinski definition) is 1. The first-order chi connectivity index (χ1) is 15.0. The summed E-state index contributed by atoms with van der Waals surface area (Å²) in [6, 6.07) is 13.1. The topological polar surface area (TPSA) is 64.6 Å². The summed E-state index contributed by atoms with van der Waals surface area (Å²) in [6.45, 7) is 4.40. The highest BCUT2D eigenvalue weighted by Crippen LogP contribution is 2.36. The van der Waals surface area contributed by atoms with Crippen LogP contribution in [0, 0.1) is 5.82 Å². The molecular formula is C24H22FNO4S. The Morgan fingerprint density at radius 3 is 2.39 bits per heavy atom. The quantitative estimate of drug-likeness (QED) is 0.357. The second kappa shape index (κ2) is 10.5. The van der Waals surface area contributed by atoms with Crippen molar-refractivity contribution in [3.8, 4) is 16.9 Å². The summed E-state index contributed by atoms with van der Waals surface area (Å²) in [6.07, 6.45) is 3.06. The molecule has 0 aliphatic heterocycles. The number of nitrogens with one attached hydrogen (secondary N) is 1. The van der Waals surface area contributed by atoms with Crippen molar-refractivity contribution in [1.82, 2.24) is 0 Å². The zero-order chi connectivity index (χ0) is 22.2. The SMILES string of the molecule is CCOC(=O)c1c(-c2ccc(F)cc2)csc1NC(=O)C=Cc1ccc(OCC)cc1. The molecular weight excluding hydrogens is 417 g/mol. The lowest BCUT2D eigenvalue weighted by Gasteiger charge is -2.08. The molecule has 5 nitrogen and oxygen atoms in total. The zero-order valence-electron chi connectivity index (χ0n) is 17.2. The third kappa shape index (κ3) is 5.79. The van der Waals surface area contributed by atoms with E-state index in [1.54, 1.807) is 30.5 Å². The van der Waals surface area contributed by atoms with E-state index in [0.29, 0.717) is 22.7 Å². The summed E-state index contributed by atoms with van der Waals surface area (Å²) in [7, 11) is 0. The van der Waals surface area contributed by atoms with Gasteiger partial charge in [0, 0.05) is 17.0 Å². The van der Waals surface area contributed by atoms with Crippen molar-refractivity contribution in [2.45, 2.75) is 13.8 Å². The Hall–Kier alpha value is -3.45. The van der Waals surface area contributed by atoms with E-state index >= 15 is 0 Å². The van der Waals surface area contributed by atoms with Crippen LogP contribution in [0.2, 0.25) is 0 Å². The highest BCUT2D eigenvalue weighted by Gasteiger charge is 2.22. The number of thiophene rings is 1. The van der Waals surface area contributed by atoms with E-state index in [1.807, 2.05) is 31.2 Å². The molecule has 160 valence electrons. The normalized spacial score (nSPS) is 10.8. The van der Waals surface area contributed by atoms with E-state index in [2.05, 4.69) is 5.32 Å². The number of halogens is 1. The van der Waals surface area contributed by atoms with Gasteiger partial charge in [0.1, 0.15) is 22.1 Å². The van der Waals surface area contributed by atoms with Crippen molar-refractivity contribution < 1.29 is 23.5 Å². The van der Waals surface area contributed by atoms with E-state index in [9.17, 15) is 14.0 Å². The fourth-order valence-electron chi connectivity index (χ4n) is 2.87. The van der Waals surface area contributed by atoms with Gasteiger partial charge in [-0.05, 0) is 55.3 Å². The molecule has 3 aromatic rings. The number of esters is 1. The Kier molecular flexibility index (Phi) is 7.56. The van der Waals surface area contributed by atoms with Gasteiger partial charge >= 0.3 is 5.97 Å². The number of ether oxygens (including phenoxy) is 2. The highest BCUT2D eigenvalue weighted by molar-refractivity contribution is 7.15. The van der Waals surface area contributed by atoms with Crippen LogP contribution in [0.25, 0.3) is 17.2 Å². The van der Waals surface area contributed by atoms with Crippen LogP contribution in [0.3, 0.4) is 0 Å². The summed E-state index contributed by atoms with van der Waals surface area (Å²) in [5, 5.41) is 4.86. The molecule has 0 saturated carbocycles. The van der Waals surface area contributed by atoms with Gasteiger partial charge in [-0.1, -0.05) is 24.3 Å². The van der Waals surface area contributed by atoms with Gasteiger partial charge in [0.05, 0.1) is 13.2 Å². The lowest BCUT2D eigenvalue weighted by atomic mass is 10.0. The van der Waals surface area contributed by atoms with E-state index in [0.717, 1.165) is 11.3 Å². The van der Waals surface area contributed by atoms with Gasteiger partial charge in [-0.25, -0.2) is 9.18 Å². The maximum Gasteiger partial charge on any atom is 0.341 e. The summed E-state index contributed by atoms with van der Waals surface area (Å²) in [5.41, 5.74) is 2.32. The fraction of sp³-hybridized carbons (Fsp3) is 0.167. The summed E-state index contributed by atoms with van der Waals surface area (Å²) in [4.78, 5) is 25.0. The van der Waals surface area contributed by atoms with Crippen LogP contribution in [-0.2, 0) is 9.53 Å². The highest BCUT2D eigenvalue weighted by atomic mass is 32.1. The average molecular weight is 440 g/mol. The lowest BCUT2D eigenvalue weighted by molar-refractivity contribution is -0.111. The molecule has 0 aliphatic carbocycles. The number of rotatable bonds is 8. The average Bonchev–Trinajstić information content (AvgIpc) is 3.17. The Labute approximate surface area is 184 Å². The number of hydrogen-bond acceptors (Lipinski definition) is 5. The van der Waals surface area contributed by atoms with Gasteiger partial charge in [0.15, 0.2) is 0 Å². The number of carbonyl (C=O) groups excluding carboxylic acids is 2. The predicted molar refractivity (Wildman–Crippen MR) is 121 cm³/mol. The van der Waals surface area contributed by atoms with Crippen molar-refractivity contribution in [2.75, 3.05) is 18.5 Å². The van der Waals surface area contributed by atoms with E-state index in [4.69, 9.17) is 9.47 Å². The standard InChI is InChI=1S/C24H22FNO4S/c1-3-29-19-12-5-16(6-13-19)7-14-21(27)26-23-22(24(28)30-4-2)20(15-31-23)17-8-10-18(25)11-9-17/h5-15H,3-4H2,1-2H3,(H,26,27). The zero-order valence-corrected chi connectivity index (χ0v) is 18.0. The van der Waals surface area contributed by atoms with Crippen molar-refractivity contribution in [1.29, 1.82) is 0 Å². The number of amides is 1. The summed E-state index contributed by atoms with van der Waals surface area (Å²) >= 11 is 1.21. The molecule has 1 amide bonds. The van der Waals surface area contributed by atoms with Crippen molar-refractivity contribution in [3.63, 3.8) is 0 Å². The van der Waals surface area contributed by atoms with Crippen LogP contribution >= 0.6 is 11.3 Å². The van der Waals surface area contributed by atoms with Crippen LogP contribution in [0.15, 0.2) is 60.0 Å². The van der Waals surface area contributed by atoms with Crippen LogP contribution < -0.4 is 10.1 Å². The van der Waals surface area contributed by atoms with Gasteiger partial charge in [-0.3, -0.25) is 4.79 Å². The molecule has 0 atom stereocenters. The third-order valence-electron chi connectivity index (χ3n) is 4.28. The van der Waals surface area contributed by atoms with Crippen LogP contribution in [0.5, 0.6) is 5.75 Å². The van der Waals surface area contributed by atoms with E-state index in [1.165, 1.54) is 29.5 Å². The monoisotopic (exact) mass is 439 g/mol. The van der Waals surface area contributed by atoms with Gasteiger partial charge in [0.25, 0.3) is 0 Å². The molecule has 0 spiro atoms. The fourth-order valence-corrected chi connectivity index (χ4v) is 3.83. The maximum absolute atomic E-state index is 13.3. The smallest absolute Gasteiger partial charge is 0.341 e. The van der Waals surface area contributed by atoms with Gasteiger partial charge in [0.2, 0.25) is 5.91 Å². The molecule has 0 aliphatic rings. The largest absolute Gasteiger partial charge is 0.494 e. The van der Waals surface area contributed by atoms with Crippen LogP contribution in [0.1, 0.15) is 29.8 Å². The maximum atomic E-state index is 13.3. The number of benzene rings is 2. The molecule has 0 bridgehead atoms. The molecule has 31 heavy (non-hydrogen) atoms. The minimum atomic E-state index is -0.547. The summed E-state index contributed by atoms with van der Waals surface area (Å²) in [5.74, 6) is -0.541. The van der Waals surface area contributed by atoms with Gasteiger partial charge < -0.3 is 14.8 Å². The number of carbonyl (C=O) groups is 2. The summed E-state index contributed by atoms with van der Waals surface area (Å²) < 4.78 is 23.9. The molecule has 1 heterocycles. The molecule has 7 heteroatoms. The molecule has 1 aromatic heterocycles. The molecule has 1 N–H and O–H groups in total. The minimum Gasteiger partial charge on any atom is -0.494 e. The molecule has 0 radical (unpaired) electrons. The first-order valence-corrected chi connectivity index (χ1v) is 10.7. The molecule has 0 unspecified atom stereocenters. The van der Waals surface area contributed by atoms with Crippen LogP contribution in [-0.4, -0.2) is 25.1 Å². The molecule has 2 aromatic carbocycles. The Morgan fingerprint density at radius 1 is 1.03 bits per heavy atom. The van der Waals surface area contributed by atoms with Crippen molar-refractivity contribution >= 4 is 34.3 Å². The van der Waals surface area contributed by atoms with Crippen molar-refractivity contribution in [2.24, 2.45) is 0 Å². The van der Waals surface area contributed by atoms with E-state index < -0.39 is 5.97 Å². The van der Waals surface area contributed by atoms with Crippen LogP contribution in [0.4, 0.5) is 9.39 Å². The Bertz CT molecular complexity index is 1070. The Balaban J connectivity index is 1.80. The van der Waals surface area contributed by atoms with Gasteiger partial charge in [-0.2, -0.15) is 0 Å². The Morgan fingerprint density at radius 2 is 1.74 bits per heavy atom. The first kappa shape index (κ1) is 22.2. The predicted octanol–water partition coefficient (Wildman–Crippen LogP) is 5.78. The first-order valence-electron chi connectivity index (χ1n) is 9.78. The van der Waals surface area contributed by atoms with Crippen molar-refractivity contribution in [3.05, 3.63) is 76.9 Å². The van der Waals surface area contributed by atoms with E-state index in [-0.39, 0.29) is 23.9 Å². The molecule has 0 saturated heterocycles. The minimum absolute atomic E-state index is 0.197. The second-order valence-electron chi connectivity index (χ2n) is 6.41. The number of anilines is 1. The molecule has 0 fully saturated rings. The van der Waals surface area contributed by atoms with Gasteiger partial charge in [-0.15, -0.1) is 11.3 Å². The third-order valence-corrected chi connectivity index (χ3v) is 5.18.